The first-order valence-electron chi connectivity index (χ1n) is 22.8. The Labute approximate surface area is 372 Å². The molecule has 4 heterocycles. The smallest absolute Gasteiger partial charge is 0.422 e. The number of hydroxylamine groups is 2. The van der Waals surface area contributed by atoms with E-state index in [1.807, 2.05) is 0 Å². The first-order chi connectivity index (χ1) is 30.3. The molecular formula is C46H64F3N3O12. The van der Waals surface area contributed by atoms with E-state index in [9.17, 15) is 37.5 Å². The first kappa shape index (κ1) is 49.3. The molecule has 1 aromatic carbocycles. The number of likely N-dealkylation sites (tertiary alicyclic amines) is 1. The molecule has 1 saturated carbocycles. The Morgan fingerprint density at radius 3 is 2.30 bits per heavy atom. The van der Waals surface area contributed by atoms with E-state index in [1.165, 1.54) is 16.0 Å². The Morgan fingerprint density at radius 1 is 1.00 bits per heavy atom. The molecular weight excluding hydrogens is 844 g/mol. The lowest BCUT2D eigenvalue weighted by atomic mass is 9.62. The van der Waals surface area contributed by atoms with Crippen LogP contribution in [0.25, 0.3) is 6.08 Å². The monoisotopic (exact) mass is 907 g/mol. The summed E-state index contributed by atoms with van der Waals surface area (Å²) in [5, 5.41) is 14.5. The van der Waals surface area contributed by atoms with Gasteiger partial charge in [0.1, 0.15) is 41.5 Å². The highest BCUT2D eigenvalue weighted by Crippen LogP contribution is 2.59. The number of rotatable bonds is 20. The average Bonchev–Trinajstić information content (AvgIpc) is 3.96. The van der Waals surface area contributed by atoms with Crippen molar-refractivity contribution in [3.8, 4) is 0 Å². The first-order valence-corrected chi connectivity index (χ1v) is 22.8. The molecule has 356 valence electrons. The van der Waals surface area contributed by atoms with Gasteiger partial charge in [0.05, 0.1) is 19.2 Å². The summed E-state index contributed by atoms with van der Waals surface area (Å²) in [5.74, 6) is -4.23. The molecule has 1 aromatic rings. The third-order valence-corrected chi connectivity index (χ3v) is 12.6. The molecule has 2 amide bonds. The van der Waals surface area contributed by atoms with Crippen LogP contribution in [0.1, 0.15) is 129 Å². The molecule has 18 heteroatoms. The number of ether oxygens (including phenoxy) is 5. The molecule has 0 unspecified atom stereocenters. The fraction of sp³-hybridized carbons (Fsp3) is 0.717. The van der Waals surface area contributed by atoms with Gasteiger partial charge < -0.3 is 39.0 Å². The number of fused-ring (bicyclic) bond motifs is 4. The highest BCUT2D eigenvalue weighted by Gasteiger charge is 2.77. The molecule has 0 radical (unpaired) electrons. The number of amides is 2. The molecule has 0 aromatic heterocycles. The van der Waals surface area contributed by atoms with Crippen LogP contribution < -0.4 is 5.32 Å². The molecule has 15 nitrogen and oxygen atoms in total. The lowest BCUT2D eigenvalue weighted by Crippen LogP contribution is -2.70. The number of alkyl halides is 3. The summed E-state index contributed by atoms with van der Waals surface area (Å²) in [6.45, 7) is 7.56. The number of hydrogen-bond acceptors (Lipinski definition) is 13. The summed E-state index contributed by atoms with van der Waals surface area (Å²) in [4.78, 5) is 76.5. The van der Waals surface area contributed by atoms with Gasteiger partial charge in [0.2, 0.25) is 11.8 Å². The molecule has 6 rings (SSSR count). The maximum Gasteiger partial charge on any atom is 0.422 e. The van der Waals surface area contributed by atoms with Crippen molar-refractivity contribution in [2.45, 2.75) is 185 Å². The van der Waals surface area contributed by atoms with Crippen LogP contribution in [0.3, 0.4) is 0 Å². The van der Waals surface area contributed by atoms with Crippen molar-refractivity contribution in [3.05, 3.63) is 41.5 Å². The van der Waals surface area contributed by atoms with Gasteiger partial charge in [0.15, 0.2) is 18.4 Å². The van der Waals surface area contributed by atoms with Crippen LogP contribution in [-0.2, 0) is 59.0 Å². The van der Waals surface area contributed by atoms with Gasteiger partial charge in [0.25, 0.3) is 0 Å². The molecule has 4 saturated heterocycles. The Kier molecular flexibility index (Phi) is 15.9. The number of carbonyl (C=O) groups excluding carboxylic acids is 5. The van der Waals surface area contributed by atoms with Crippen molar-refractivity contribution in [1.29, 1.82) is 0 Å². The zero-order valence-corrected chi connectivity index (χ0v) is 37.5. The van der Waals surface area contributed by atoms with Crippen molar-refractivity contribution in [3.63, 3.8) is 0 Å². The second kappa shape index (κ2) is 20.6. The highest BCUT2D eigenvalue weighted by atomic mass is 19.4. The van der Waals surface area contributed by atoms with E-state index in [2.05, 4.69) is 23.9 Å². The topological polar surface area (TPSA) is 179 Å². The van der Waals surface area contributed by atoms with Gasteiger partial charge in [-0.3, -0.25) is 24.0 Å². The second-order valence-electron chi connectivity index (χ2n) is 18.7. The van der Waals surface area contributed by atoms with Gasteiger partial charge >= 0.3 is 24.1 Å². The third kappa shape index (κ3) is 11.5. The number of esters is 3. The van der Waals surface area contributed by atoms with Crippen LogP contribution in [0.2, 0.25) is 0 Å². The maximum atomic E-state index is 15.5. The van der Waals surface area contributed by atoms with Crippen LogP contribution in [-0.4, -0.2) is 125 Å². The predicted molar refractivity (Wildman–Crippen MR) is 223 cm³/mol. The summed E-state index contributed by atoms with van der Waals surface area (Å²) in [6, 6.07) is 3.70. The van der Waals surface area contributed by atoms with Crippen LogP contribution in [0.15, 0.2) is 30.3 Å². The minimum Gasteiger partial charge on any atom is -0.460 e. The lowest BCUT2D eigenvalue weighted by Gasteiger charge is -2.50. The van der Waals surface area contributed by atoms with Crippen LogP contribution in [0, 0.1) is 5.41 Å². The Morgan fingerprint density at radius 2 is 1.67 bits per heavy atom. The zero-order chi connectivity index (χ0) is 46.5. The number of nitrogens with one attached hydrogen (secondary N) is 1. The predicted octanol–water partition coefficient (Wildman–Crippen LogP) is 5.84. The van der Waals surface area contributed by atoms with Gasteiger partial charge in [-0.05, 0) is 70.1 Å². The average molecular weight is 908 g/mol. The van der Waals surface area contributed by atoms with Gasteiger partial charge in [0, 0.05) is 38.3 Å². The fourth-order valence-corrected chi connectivity index (χ4v) is 9.70. The molecule has 1 aliphatic carbocycles. The third-order valence-electron chi connectivity index (χ3n) is 12.6. The summed E-state index contributed by atoms with van der Waals surface area (Å²) in [6.07, 6.45) is 1.92. The molecule has 64 heavy (non-hydrogen) atoms. The number of aliphatic hydroxyl groups is 1. The van der Waals surface area contributed by atoms with Crippen molar-refractivity contribution >= 4 is 35.8 Å². The molecule has 2 bridgehead atoms. The normalized spacial score (nSPS) is 27.9. The Bertz CT molecular complexity index is 1840. The van der Waals surface area contributed by atoms with Crippen molar-refractivity contribution in [2.24, 2.45) is 5.41 Å². The number of unbranched alkanes of at least 4 members (excludes halogenated alkanes) is 4. The van der Waals surface area contributed by atoms with E-state index in [1.54, 1.807) is 45.0 Å². The highest BCUT2D eigenvalue weighted by molar-refractivity contribution is 5.96. The number of nitrogens with zero attached hydrogens (tertiary/aromatic N) is 2. The minimum atomic E-state index is -4.65. The van der Waals surface area contributed by atoms with Gasteiger partial charge in [-0.25, -0.2) is 4.79 Å². The van der Waals surface area contributed by atoms with E-state index >= 15 is 4.79 Å². The molecule has 4 aliphatic heterocycles. The lowest BCUT2D eigenvalue weighted by molar-refractivity contribution is -0.225. The van der Waals surface area contributed by atoms with Crippen LogP contribution in [0.5, 0.6) is 0 Å². The van der Waals surface area contributed by atoms with E-state index in [0.29, 0.717) is 36.8 Å². The Balaban J connectivity index is 1.28. The summed E-state index contributed by atoms with van der Waals surface area (Å²) >= 11 is 0. The number of halogens is 3. The molecule has 0 spiro atoms. The standard InChI is InChI=1S/C46H64F3N3O12/c1-6-8-10-22-44(23-11-9-7-2)62-36-33-25-45(42(58)51-24-12-13-32(51)40(56)50-31(27-53)19-21-35(55)61-43(3,4)5)38(41(57)60-33)52(64-39(45)37(36)63-44)26-30-16-14-29(15-17-30)18-20-34(54)59-28-46(47,48)49/h14-18,20,31-33,36-39,53H,6-13,19,21-28H2,1-5H3,(H,50,56)/t31-,32+,33+,36-,37-,38+,39+,45+/m0/s1. The number of benzene rings is 1. The Hall–Kier alpha value is -4.10. The van der Waals surface area contributed by atoms with Gasteiger partial charge in [-0.15, -0.1) is 0 Å². The van der Waals surface area contributed by atoms with Gasteiger partial charge in [-0.1, -0.05) is 63.8 Å². The number of aliphatic hydroxyl groups excluding tert-OH is 1. The molecule has 8 atom stereocenters. The largest absolute Gasteiger partial charge is 0.460 e. The summed E-state index contributed by atoms with van der Waals surface area (Å²) in [7, 11) is 0. The zero-order valence-electron chi connectivity index (χ0n) is 37.5. The number of carbonyl (C=O) groups is 5. The maximum absolute atomic E-state index is 15.5. The number of hydrogen-bond donors (Lipinski definition) is 2. The summed E-state index contributed by atoms with van der Waals surface area (Å²) in [5.41, 5.74) is -1.12. The molecule has 5 aliphatic rings. The fourth-order valence-electron chi connectivity index (χ4n) is 9.70. The van der Waals surface area contributed by atoms with E-state index < -0.39 is 108 Å². The van der Waals surface area contributed by atoms with Crippen LogP contribution in [0.4, 0.5) is 13.2 Å². The minimum absolute atomic E-state index is 0.00368. The summed E-state index contributed by atoms with van der Waals surface area (Å²) < 4.78 is 67.2. The van der Waals surface area contributed by atoms with E-state index in [-0.39, 0.29) is 32.4 Å². The van der Waals surface area contributed by atoms with Crippen molar-refractivity contribution < 1.29 is 70.8 Å². The SMILES string of the molecule is CCCCCC1(CCCCC)O[C@@H]2[C@H](O1)[C@H]1ON(Cc3ccc(C=CC(=O)OCC(F)(F)F)cc3)[C@@H]3C(=O)O[C@@H]2C[C@]13C(=O)N1CCC[C@@H]1C(=O)N[C@H](CO)CCC(=O)OC(C)(C)C. The molecule has 2 N–H and O–H groups in total. The van der Waals surface area contributed by atoms with E-state index in [4.69, 9.17) is 23.8 Å². The van der Waals surface area contributed by atoms with E-state index in [0.717, 1.165) is 44.6 Å². The van der Waals surface area contributed by atoms with Crippen molar-refractivity contribution in [1.82, 2.24) is 15.3 Å². The van der Waals surface area contributed by atoms with Crippen molar-refractivity contribution in [2.75, 3.05) is 19.8 Å². The second-order valence-corrected chi connectivity index (χ2v) is 18.7. The molecule has 5 fully saturated rings. The van der Waals surface area contributed by atoms with Gasteiger partial charge in [-0.2, -0.15) is 18.2 Å². The van der Waals surface area contributed by atoms with Crippen LogP contribution >= 0.6 is 0 Å². The quantitative estimate of drug-likeness (QED) is 0.0691.